The van der Waals surface area contributed by atoms with Crippen molar-refractivity contribution in [3.05, 3.63) is 40.7 Å². The van der Waals surface area contributed by atoms with Gasteiger partial charge in [0.05, 0.1) is 17.4 Å². The molecule has 1 aromatic carbocycles. The number of nitrogens with one attached hydrogen (secondary N) is 2. The van der Waals surface area contributed by atoms with Crippen molar-refractivity contribution in [2.75, 3.05) is 5.32 Å². The third-order valence-corrected chi connectivity index (χ3v) is 3.17. The normalized spacial score (nSPS) is 10.8. The van der Waals surface area contributed by atoms with Crippen molar-refractivity contribution in [2.24, 2.45) is 0 Å². The number of aryl methyl sites for hydroxylation is 3. The van der Waals surface area contributed by atoms with Crippen LogP contribution in [0.4, 0.5) is 5.69 Å². The van der Waals surface area contributed by atoms with E-state index in [0.717, 1.165) is 22.7 Å². The van der Waals surface area contributed by atoms with Gasteiger partial charge < -0.3 is 10.1 Å². The second-order valence-corrected chi connectivity index (χ2v) is 5.41. The van der Waals surface area contributed by atoms with E-state index < -0.39 is 0 Å². The van der Waals surface area contributed by atoms with E-state index in [2.05, 4.69) is 15.5 Å². The van der Waals surface area contributed by atoms with Gasteiger partial charge in [0.25, 0.3) is 5.91 Å². The Morgan fingerprint density at radius 2 is 2.00 bits per heavy atom. The molecule has 0 saturated carbocycles. The van der Waals surface area contributed by atoms with Gasteiger partial charge in [-0.1, -0.05) is 0 Å². The molecule has 5 nitrogen and oxygen atoms in total. The van der Waals surface area contributed by atoms with E-state index in [1.807, 2.05) is 52.8 Å². The average Bonchev–Trinajstić information content (AvgIpc) is 2.71. The predicted molar refractivity (Wildman–Crippen MR) is 83.0 cm³/mol. The van der Waals surface area contributed by atoms with Crippen LogP contribution in [-0.2, 0) is 0 Å². The molecule has 0 saturated heterocycles. The van der Waals surface area contributed by atoms with Crippen molar-refractivity contribution in [1.82, 2.24) is 10.2 Å². The van der Waals surface area contributed by atoms with Crippen molar-refractivity contribution in [2.45, 2.75) is 40.7 Å². The van der Waals surface area contributed by atoms with Crippen molar-refractivity contribution >= 4 is 11.6 Å². The fourth-order valence-electron chi connectivity index (χ4n) is 2.19. The summed E-state index contributed by atoms with van der Waals surface area (Å²) in [6.45, 7) is 9.55. The quantitative estimate of drug-likeness (QED) is 0.906. The van der Waals surface area contributed by atoms with Gasteiger partial charge in [0, 0.05) is 11.4 Å². The van der Waals surface area contributed by atoms with E-state index in [1.165, 1.54) is 0 Å². The Morgan fingerprint density at radius 3 is 2.52 bits per heavy atom. The molecular weight excluding hydrogens is 266 g/mol. The number of anilines is 1. The molecule has 112 valence electrons. The summed E-state index contributed by atoms with van der Waals surface area (Å²) in [7, 11) is 0. The third-order valence-electron chi connectivity index (χ3n) is 3.17. The van der Waals surface area contributed by atoms with Gasteiger partial charge in [0.15, 0.2) is 0 Å². The highest BCUT2D eigenvalue weighted by atomic mass is 16.5. The zero-order valence-corrected chi connectivity index (χ0v) is 13.1. The Balaban J connectivity index is 2.18. The summed E-state index contributed by atoms with van der Waals surface area (Å²) in [6, 6.07) is 5.64. The monoisotopic (exact) mass is 287 g/mol. The van der Waals surface area contributed by atoms with Crippen molar-refractivity contribution in [3.63, 3.8) is 0 Å². The van der Waals surface area contributed by atoms with Gasteiger partial charge in [-0.05, 0) is 58.4 Å². The first kappa shape index (κ1) is 15.1. The molecule has 0 aliphatic carbocycles. The molecule has 5 heteroatoms. The van der Waals surface area contributed by atoms with E-state index in [4.69, 9.17) is 4.74 Å². The molecule has 0 bridgehead atoms. The summed E-state index contributed by atoms with van der Waals surface area (Å²) in [5, 5.41) is 9.78. The van der Waals surface area contributed by atoms with Gasteiger partial charge >= 0.3 is 0 Å². The summed E-state index contributed by atoms with van der Waals surface area (Å²) < 4.78 is 5.64. The van der Waals surface area contributed by atoms with Crippen LogP contribution in [0.3, 0.4) is 0 Å². The van der Waals surface area contributed by atoms with Crippen LogP contribution < -0.4 is 10.1 Å². The number of nitrogens with zero attached hydrogens (tertiary/aromatic N) is 1. The Kier molecular flexibility index (Phi) is 4.31. The zero-order chi connectivity index (χ0) is 15.6. The van der Waals surface area contributed by atoms with E-state index in [1.54, 1.807) is 0 Å². The lowest BCUT2D eigenvalue weighted by molar-refractivity contribution is 0.102. The zero-order valence-electron chi connectivity index (χ0n) is 13.1. The van der Waals surface area contributed by atoms with E-state index in [0.29, 0.717) is 11.3 Å². The van der Waals surface area contributed by atoms with Crippen LogP contribution in [0, 0.1) is 20.8 Å². The smallest absolute Gasteiger partial charge is 0.259 e. The second kappa shape index (κ2) is 5.99. The highest BCUT2D eigenvalue weighted by Gasteiger charge is 2.16. The molecule has 1 aromatic heterocycles. The van der Waals surface area contributed by atoms with Crippen LogP contribution in [0.15, 0.2) is 18.2 Å². The largest absolute Gasteiger partial charge is 0.491 e. The standard InChI is InChI=1S/C16H21N3O2/c1-9(2)21-13-6-7-14(10(3)8-13)17-16(20)15-11(4)18-19-12(15)5/h6-9H,1-5H3,(H,17,20)(H,18,19). The highest BCUT2D eigenvalue weighted by molar-refractivity contribution is 6.06. The highest BCUT2D eigenvalue weighted by Crippen LogP contribution is 2.23. The molecule has 0 aliphatic heterocycles. The molecule has 2 aromatic rings. The number of amides is 1. The molecule has 21 heavy (non-hydrogen) atoms. The molecule has 0 atom stereocenters. The van der Waals surface area contributed by atoms with Crippen molar-refractivity contribution < 1.29 is 9.53 Å². The van der Waals surface area contributed by atoms with Crippen LogP contribution >= 0.6 is 0 Å². The molecule has 0 fully saturated rings. The van der Waals surface area contributed by atoms with Gasteiger partial charge in [-0.2, -0.15) is 5.10 Å². The Labute approximate surface area is 124 Å². The molecule has 0 spiro atoms. The van der Waals surface area contributed by atoms with Gasteiger partial charge in [0.1, 0.15) is 5.75 Å². The molecular formula is C16H21N3O2. The Morgan fingerprint density at radius 1 is 1.29 bits per heavy atom. The maximum absolute atomic E-state index is 12.3. The van der Waals surface area contributed by atoms with Crippen LogP contribution in [0.5, 0.6) is 5.75 Å². The number of hydrogen-bond donors (Lipinski definition) is 2. The van der Waals surface area contributed by atoms with Gasteiger partial charge in [0.2, 0.25) is 0 Å². The first-order valence-electron chi connectivity index (χ1n) is 6.98. The first-order chi connectivity index (χ1) is 9.88. The average molecular weight is 287 g/mol. The minimum atomic E-state index is -0.153. The van der Waals surface area contributed by atoms with Gasteiger partial charge in [-0.3, -0.25) is 9.89 Å². The molecule has 1 heterocycles. The summed E-state index contributed by atoms with van der Waals surface area (Å²) in [4.78, 5) is 12.3. The second-order valence-electron chi connectivity index (χ2n) is 5.41. The minimum Gasteiger partial charge on any atom is -0.491 e. The number of ether oxygens (including phenoxy) is 1. The number of hydrogen-bond acceptors (Lipinski definition) is 3. The fourth-order valence-corrected chi connectivity index (χ4v) is 2.19. The number of carbonyl (C=O) groups excluding carboxylic acids is 1. The fraction of sp³-hybridized carbons (Fsp3) is 0.375. The van der Waals surface area contributed by atoms with E-state index in [9.17, 15) is 4.79 Å². The lowest BCUT2D eigenvalue weighted by atomic mass is 10.1. The summed E-state index contributed by atoms with van der Waals surface area (Å²) in [5.74, 6) is 0.649. The molecule has 1 amide bonds. The Hall–Kier alpha value is -2.30. The van der Waals surface area contributed by atoms with E-state index >= 15 is 0 Å². The minimum absolute atomic E-state index is 0.126. The Bertz CT molecular complexity index is 640. The van der Waals surface area contributed by atoms with Crippen LogP contribution in [0.1, 0.15) is 41.2 Å². The first-order valence-corrected chi connectivity index (χ1v) is 6.98. The van der Waals surface area contributed by atoms with Crippen LogP contribution in [-0.4, -0.2) is 22.2 Å². The maximum atomic E-state index is 12.3. The van der Waals surface area contributed by atoms with Crippen LogP contribution in [0.2, 0.25) is 0 Å². The van der Waals surface area contributed by atoms with Crippen molar-refractivity contribution in [1.29, 1.82) is 0 Å². The number of benzene rings is 1. The molecule has 0 aliphatic rings. The number of carbonyl (C=O) groups is 1. The molecule has 2 N–H and O–H groups in total. The number of aromatic nitrogens is 2. The summed E-state index contributed by atoms with van der Waals surface area (Å²) >= 11 is 0. The SMILES string of the molecule is Cc1cc(OC(C)C)ccc1NC(=O)c1c(C)n[nH]c1C. The van der Waals surface area contributed by atoms with Crippen molar-refractivity contribution in [3.8, 4) is 5.75 Å². The lowest BCUT2D eigenvalue weighted by Gasteiger charge is -2.13. The third kappa shape index (κ3) is 3.42. The topological polar surface area (TPSA) is 67.0 Å². The van der Waals surface area contributed by atoms with Crippen LogP contribution in [0.25, 0.3) is 0 Å². The lowest BCUT2D eigenvalue weighted by Crippen LogP contribution is -2.14. The van der Waals surface area contributed by atoms with Gasteiger partial charge in [-0.15, -0.1) is 0 Å². The molecule has 0 unspecified atom stereocenters. The molecule has 0 radical (unpaired) electrons. The van der Waals surface area contributed by atoms with Gasteiger partial charge in [-0.25, -0.2) is 0 Å². The van der Waals surface area contributed by atoms with E-state index in [-0.39, 0.29) is 12.0 Å². The maximum Gasteiger partial charge on any atom is 0.259 e. The molecule has 2 rings (SSSR count). The predicted octanol–water partition coefficient (Wildman–Crippen LogP) is 3.37. The number of aromatic amines is 1. The number of H-pyrrole nitrogens is 1. The number of rotatable bonds is 4. The summed E-state index contributed by atoms with van der Waals surface area (Å²) in [5.41, 5.74) is 3.79. The summed E-state index contributed by atoms with van der Waals surface area (Å²) in [6.07, 6.45) is 0.126.